The highest BCUT2D eigenvalue weighted by molar-refractivity contribution is 9.10. The van der Waals surface area contributed by atoms with Crippen molar-refractivity contribution in [1.82, 2.24) is 9.97 Å². The van der Waals surface area contributed by atoms with Gasteiger partial charge in [-0.3, -0.25) is 4.79 Å². The van der Waals surface area contributed by atoms with Crippen molar-refractivity contribution in [1.29, 1.82) is 0 Å². The first-order valence-corrected chi connectivity index (χ1v) is 4.33. The van der Waals surface area contributed by atoms with Crippen LogP contribution < -0.4 is 5.32 Å². The molecule has 0 saturated carbocycles. The number of aromatic nitrogens is 2. The molecule has 0 atom stereocenters. The molecule has 1 rings (SSSR count). The number of amides is 1. The summed E-state index contributed by atoms with van der Waals surface area (Å²) in [6.07, 6.45) is 1.07. The first kappa shape index (κ1) is 10.6. The van der Waals surface area contributed by atoms with E-state index in [9.17, 15) is 9.59 Å². The molecular weight excluding hydrogens is 254 g/mol. The molecule has 0 aliphatic carbocycles. The number of rotatable bonds is 2. The molecule has 0 bridgehead atoms. The van der Waals surface area contributed by atoms with E-state index in [0.717, 1.165) is 6.20 Å². The van der Waals surface area contributed by atoms with Gasteiger partial charge in [0.05, 0.1) is 6.20 Å². The maximum absolute atomic E-state index is 10.7. The lowest BCUT2D eigenvalue weighted by Crippen LogP contribution is -2.10. The first-order chi connectivity index (χ1) is 6.50. The zero-order chi connectivity index (χ0) is 10.7. The average Bonchev–Trinajstić information content (AvgIpc) is 2.07. The van der Waals surface area contributed by atoms with Crippen molar-refractivity contribution in [2.45, 2.75) is 6.92 Å². The van der Waals surface area contributed by atoms with E-state index in [0.29, 0.717) is 0 Å². The van der Waals surface area contributed by atoms with Crippen LogP contribution in [0.15, 0.2) is 10.8 Å². The second-order valence-corrected chi connectivity index (χ2v) is 3.13. The highest BCUT2D eigenvalue weighted by Crippen LogP contribution is 2.16. The monoisotopic (exact) mass is 259 g/mol. The fraction of sp³-hybridized carbons (Fsp3) is 0.143. The molecule has 0 aliphatic heterocycles. The van der Waals surface area contributed by atoms with E-state index < -0.39 is 5.97 Å². The Kier molecular flexibility index (Phi) is 3.13. The molecule has 0 aliphatic rings. The van der Waals surface area contributed by atoms with Crippen LogP contribution in [0.4, 0.5) is 5.82 Å². The summed E-state index contributed by atoms with van der Waals surface area (Å²) in [6.45, 7) is 1.32. The average molecular weight is 260 g/mol. The van der Waals surface area contributed by atoms with Crippen LogP contribution in [0.5, 0.6) is 0 Å². The Morgan fingerprint density at radius 3 is 2.64 bits per heavy atom. The number of halogens is 1. The van der Waals surface area contributed by atoms with E-state index in [1.165, 1.54) is 6.92 Å². The number of anilines is 1. The third kappa shape index (κ3) is 2.49. The van der Waals surface area contributed by atoms with E-state index in [1.807, 2.05) is 0 Å². The van der Waals surface area contributed by atoms with Gasteiger partial charge in [0.1, 0.15) is 4.60 Å². The molecular formula is C7H6BrN3O3. The summed E-state index contributed by atoms with van der Waals surface area (Å²) in [5.74, 6) is -1.28. The Bertz CT molecular complexity index is 394. The Labute approximate surface area is 87.5 Å². The van der Waals surface area contributed by atoms with Crippen LogP contribution in [-0.4, -0.2) is 27.0 Å². The maximum Gasteiger partial charge on any atom is 0.356 e. The summed E-state index contributed by atoms with van der Waals surface area (Å²) in [7, 11) is 0. The van der Waals surface area contributed by atoms with Crippen LogP contribution in [0.3, 0.4) is 0 Å². The molecule has 7 heteroatoms. The molecule has 2 N–H and O–H groups in total. The molecule has 0 radical (unpaired) electrons. The van der Waals surface area contributed by atoms with Crippen LogP contribution in [0.1, 0.15) is 17.4 Å². The SMILES string of the molecule is CC(=O)Nc1ncc(C(=O)O)nc1Br. The Morgan fingerprint density at radius 1 is 1.57 bits per heavy atom. The van der Waals surface area contributed by atoms with Gasteiger partial charge in [0.15, 0.2) is 11.5 Å². The van der Waals surface area contributed by atoms with Crippen molar-refractivity contribution in [2.24, 2.45) is 0 Å². The summed E-state index contributed by atoms with van der Waals surface area (Å²) in [5.41, 5.74) is -0.189. The summed E-state index contributed by atoms with van der Waals surface area (Å²) in [5, 5.41) is 11.0. The zero-order valence-corrected chi connectivity index (χ0v) is 8.70. The third-order valence-corrected chi connectivity index (χ3v) is 1.80. The van der Waals surface area contributed by atoms with Crippen molar-refractivity contribution >= 4 is 33.6 Å². The summed E-state index contributed by atoms with van der Waals surface area (Å²) < 4.78 is 0.188. The minimum absolute atomic E-state index is 0.188. The lowest BCUT2D eigenvalue weighted by molar-refractivity contribution is -0.114. The molecule has 1 amide bonds. The van der Waals surface area contributed by atoms with E-state index >= 15 is 0 Å². The standard InChI is InChI=1S/C7H6BrN3O3/c1-3(12)10-6-5(8)11-4(2-9-6)7(13)14/h2H,1H3,(H,13,14)(H,9,10,12). The number of nitrogens with one attached hydrogen (secondary N) is 1. The minimum Gasteiger partial charge on any atom is -0.476 e. The predicted octanol–water partition coefficient (Wildman–Crippen LogP) is 0.896. The number of hydrogen-bond acceptors (Lipinski definition) is 4. The van der Waals surface area contributed by atoms with Gasteiger partial charge in [-0.1, -0.05) is 0 Å². The van der Waals surface area contributed by atoms with Gasteiger partial charge in [-0.25, -0.2) is 14.8 Å². The minimum atomic E-state index is -1.17. The summed E-state index contributed by atoms with van der Waals surface area (Å²) in [6, 6.07) is 0. The second kappa shape index (κ2) is 4.14. The van der Waals surface area contributed by atoms with Crippen LogP contribution in [0.2, 0.25) is 0 Å². The molecule has 0 saturated heterocycles. The molecule has 1 heterocycles. The Hall–Kier alpha value is -1.50. The van der Waals surface area contributed by atoms with Crippen molar-refractivity contribution in [3.8, 4) is 0 Å². The molecule has 6 nitrogen and oxygen atoms in total. The van der Waals surface area contributed by atoms with Gasteiger partial charge in [0.25, 0.3) is 0 Å². The molecule has 74 valence electrons. The highest BCUT2D eigenvalue weighted by atomic mass is 79.9. The quantitative estimate of drug-likeness (QED) is 0.823. The lowest BCUT2D eigenvalue weighted by atomic mass is 10.4. The van der Waals surface area contributed by atoms with Gasteiger partial charge >= 0.3 is 5.97 Å². The van der Waals surface area contributed by atoms with Crippen molar-refractivity contribution < 1.29 is 14.7 Å². The van der Waals surface area contributed by atoms with Crippen LogP contribution in [-0.2, 0) is 4.79 Å². The van der Waals surface area contributed by atoms with Crippen LogP contribution >= 0.6 is 15.9 Å². The Morgan fingerprint density at radius 2 is 2.21 bits per heavy atom. The largest absolute Gasteiger partial charge is 0.476 e. The number of nitrogens with zero attached hydrogens (tertiary/aromatic N) is 2. The smallest absolute Gasteiger partial charge is 0.356 e. The zero-order valence-electron chi connectivity index (χ0n) is 7.11. The molecule has 0 fully saturated rings. The maximum atomic E-state index is 10.7. The van der Waals surface area contributed by atoms with E-state index in [4.69, 9.17) is 5.11 Å². The molecule has 0 aromatic carbocycles. The second-order valence-electron chi connectivity index (χ2n) is 2.38. The highest BCUT2D eigenvalue weighted by Gasteiger charge is 2.10. The van der Waals surface area contributed by atoms with Gasteiger partial charge in [0.2, 0.25) is 5.91 Å². The van der Waals surface area contributed by atoms with Gasteiger partial charge < -0.3 is 10.4 Å². The predicted molar refractivity (Wildman–Crippen MR) is 51.0 cm³/mol. The van der Waals surface area contributed by atoms with Gasteiger partial charge in [0, 0.05) is 6.92 Å². The van der Waals surface area contributed by atoms with Crippen molar-refractivity contribution in [3.05, 3.63) is 16.5 Å². The van der Waals surface area contributed by atoms with E-state index in [-0.39, 0.29) is 22.0 Å². The van der Waals surface area contributed by atoms with Crippen LogP contribution in [0.25, 0.3) is 0 Å². The topological polar surface area (TPSA) is 92.2 Å². The van der Waals surface area contributed by atoms with Crippen LogP contribution in [0, 0.1) is 0 Å². The molecule has 0 spiro atoms. The number of carbonyl (C=O) groups is 2. The van der Waals surface area contributed by atoms with E-state index in [1.54, 1.807) is 0 Å². The molecule has 1 aromatic rings. The number of hydrogen-bond donors (Lipinski definition) is 2. The summed E-state index contributed by atoms with van der Waals surface area (Å²) in [4.78, 5) is 28.5. The molecule has 1 aromatic heterocycles. The van der Waals surface area contributed by atoms with Gasteiger partial charge in [-0.2, -0.15) is 0 Å². The Balaban J connectivity index is 3.01. The third-order valence-electron chi connectivity index (χ3n) is 1.24. The fourth-order valence-electron chi connectivity index (χ4n) is 0.720. The van der Waals surface area contributed by atoms with Crippen molar-refractivity contribution in [2.75, 3.05) is 5.32 Å². The normalized spacial score (nSPS) is 9.57. The molecule has 0 unspecified atom stereocenters. The van der Waals surface area contributed by atoms with E-state index in [2.05, 4.69) is 31.2 Å². The fourth-order valence-corrected chi connectivity index (χ4v) is 1.11. The number of aromatic carboxylic acids is 1. The number of carbonyl (C=O) groups excluding carboxylic acids is 1. The number of carboxylic acids is 1. The number of carboxylic acid groups (broad SMARTS) is 1. The summed E-state index contributed by atoms with van der Waals surface area (Å²) >= 11 is 2.99. The molecule has 14 heavy (non-hydrogen) atoms. The lowest BCUT2D eigenvalue weighted by Gasteiger charge is -2.02. The first-order valence-electron chi connectivity index (χ1n) is 3.54. The van der Waals surface area contributed by atoms with Gasteiger partial charge in [-0.15, -0.1) is 0 Å². The van der Waals surface area contributed by atoms with Gasteiger partial charge in [-0.05, 0) is 15.9 Å². The van der Waals surface area contributed by atoms with Crippen molar-refractivity contribution in [3.63, 3.8) is 0 Å².